The maximum absolute atomic E-state index is 5.20. The smallest absolute Gasteiger partial charge is 0.201 e. The summed E-state index contributed by atoms with van der Waals surface area (Å²) in [5.74, 6) is 0. The Kier molecular flexibility index (Phi) is 7.39. The topological polar surface area (TPSA) is 25.6 Å². The second-order valence-electron chi connectivity index (χ2n) is 9.21. The van der Waals surface area contributed by atoms with Crippen LogP contribution in [0.25, 0.3) is 20.8 Å². The van der Waals surface area contributed by atoms with Gasteiger partial charge in [-0.05, 0) is 50.7 Å². The lowest BCUT2D eigenvalue weighted by Crippen LogP contribution is -3.00. The van der Waals surface area contributed by atoms with E-state index in [4.69, 9.17) is 4.98 Å². The molecule has 3 heterocycles. The van der Waals surface area contributed by atoms with Crippen molar-refractivity contribution in [2.24, 2.45) is 0 Å². The quantitative estimate of drug-likeness (QED) is 0.244. The molecule has 5 rings (SSSR count). The Morgan fingerprint density at radius 1 is 0.938 bits per heavy atom. The first-order valence-electron chi connectivity index (χ1n) is 11.6. The third kappa shape index (κ3) is 4.67. The molecule has 0 bridgehead atoms. The summed E-state index contributed by atoms with van der Waals surface area (Å²) in [4.78, 5) is 13.9. The van der Waals surface area contributed by atoms with Gasteiger partial charge in [-0.1, -0.05) is 6.92 Å². The van der Waals surface area contributed by atoms with Gasteiger partial charge in [0.1, 0.15) is 0 Å². The minimum absolute atomic E-state index is 0. The first-order chi connectivity index (χ1) is 15.0. The number of aryl methyl sites for hydroxylation is 2. The van der Waals surface area contributed by atoms with Crippen LogP contribution >= 0.6 is 11.3 Å². The fourth-order valence-electron chi connectivity index (χ4n) is 4.80. The van der Waals surface area contributed by atoms with Gasteiger partial charge in [0.25, 0.3) is 0 Å². The molecular weight excluding hydrogens is 529 g/mol. The van der Waals surface area contributed by atoms with E-state index in [1.54, 1.807) is 0 Å². The average Bonchev–Trinajstić information content (AvgIpc) is 2.78. The monoisotopic (exact) mass is 563 g/mol. The van der Waals surface area contributed by atoms with E-state index < -0.39 is 0 Å². The first kappa shape index (κ1) is 23.9. The van der Waals surface area contributed by atoms with Crippen molar-refractivity contribution in [1.82, 2.24) is 19.4 Å². The molecule has 1 aromatic carbocycles. The average molecular weight is 564 g/mol. The fraction of sp³-hybridized carbons (Fsp3) is 0.520. The van der Waals surface area contributed by atoms with Crippen LogP contribution in [0.15, 0.2) is 24.3 Å². The van der Waals surface area contributed by atoms with Gasteiger partial charge in [0, 0.05) is 44.0 Å². The van der Waals surface area contributed by atoms with Gasteiger partial charge in [-0.3, -0.25) is 4.90 Å². The Bertz CT molecular complexity index is 1140. The standard InChI is InChI=1S/C25H34N5S.HI/c1-5-19-15-21(30-12-8-28(4)9-13-30)17-23-25(19)26-24-18(2)14-20(16-22(24)31-23)29-10-6-27(3)7-11-29;/h14-17H,5-13H2,1-4H3;1H/q+1;/p-1. The number of piperazine rings is 2. The lowest BCUT2D eigenvalue weighted by atomic mass is 10.1. The van der Waals surface area contributed by atoms with E-state index in [1.165, 1.54) is 37.4 Å². The lowest BCUT2D eigenvalue weighted by Gasteiger charge is -2.34. The molecule has 1 aromatic rings. The molecule has 0 aromatic heterocycles. The predicted octanol–water partition coefficient (Wildman–Crippen LogP) is -0.255. The number of hydrogen-bond donors (Lipinski definition) is 0. The molecule has 1 aliphatic carbocycles. The van der Waals surface area contributed by atoms with Crippen molar-refractivity contribution in [3.05, 3.63) is 40.7 Å². The first-order valence-corrected chi connectivity index (χ1v) is 12.4. The Hall–Kier alpha value is -1.29. The van der Waals surface area contributed by atoms with Crippen molar-refractivity contribution in [3.8, 4) is 10.6 Å². The number of fused-ring (bicyclic) bond motifs is 2. The van der Waals surface area contributed by atoms with Crippen LogP contribution in [-0.2, 0) is 6.42 Å². The molecule has 2 fully saturated rings. The molecule has 7 heteroatoms. The Labute approximate surface area is 212 Å². The Morgan fingerprint density at radius 2 is 1.62 bits per heavy atom. The molecule has 0 atom stereocenters. The maximum atomic E-state index is 5.20. The van der Waals surface area contributed by atoms with E-state index in [0.717, 1.165) is 64.3 Å². The van der Waals surface area contributed by atoms with Crippen LogP contribution in [0.2, 0.25) is 0 Å². The van der Waals surface area contributed by atoms with E-state index in [9.17, 15) is 0 Å². The number of anilines is 1. The molecule has 0 saturated carbocycles. The summed E-state index contributed by atoms with van der Waals surface area (Å²) in [6.07, 6.45) is 1.02. The summed E-state index contributed by atoms with van der Waals surface area (Å²) >= 11 is 1.92. The van der Waals surface area contributed by atoms with Crippen LogP contribution in [0.3, 0.4) is 0 Å². The van der Waals surface area contributed by atoms with Crippen molar-refractivity contribution >= 4 is 27.2 Å². The van der Waals surface area contributed by atoms with Gasteiger partial charge < -0.3 is 33.8 Å². The summed E-state index contributed by atoms with van der Waals surface area (Å²) in [6, 6.07) is 9.48. The van der Waals surface area contributed by atoms with E-state index in [1.807, 2.05) is 11.3 Å². The Morgan fingerprint density at radius 3 is 2.31 bits per heavy atom. The molecule has 172 valence electrons. The second kappa shape index (κ2) is 9.91. The summed E-state index contributed by atoms with van der Waals surface area (Å²) in [6.45, 7) is 13.4. The number of benzene rings is 2. The highest BCUT2D eigenvalue weighted by Gasteiger charge is 2.21. The van der Waals surface area contributed by atoms with E-state index in [2.05, 4.69) is 71.5 Å². The summed E-state index contributed by atoms with van der Waals surface area (Å²) in [5, 5.41) is 1.36. The van der Waals surface area contributed by atoms with Gasteiger partial charge in [-0.2, -0.15) is 0 Å². The maximum Gasteiger partial charge on any atom is 0.201 e. The van der Waals surface area contributed by atoms with Crippen molar-refractivity contribution in [1.29, 1.82) is 0 Å². The molecule has 5 nitrogen and oxygen atoms in total. The molecule has 32 heavy (non-hydrogen) atoms. The van der Waals surface area contributed by atoms with E-state index in [0.29, 0.717) is 0 Å². The highest BCUT2D eigenvalue weighted by Crippen LogP contribution is 2.35. The van der Waals surface area contributed by atoms with Gasteiger partial charge in [-0.25, -0.2) is 9.56 Å². The van der Waals surface area contributed by atoms with Crippen molar-refractivity contribution in [2.45, 2.75) is 20.3 Å². The van der Waals surface area contributed by atoms with Crippen molar-refractivity contribution in [2.75, 3.05) is 71.4 Å². The number of likely N-dealkylation sites (N-methyl/N-ethyl adjacent to an activating group) is 2. The molecule has 2 saturated heterocycles. The molecule has 0 N–H and O–H groups in total. The minimum Gasteiger partial charge on any atom is -1.00 e. The minimum atomic E-state index is 0. The predicted molar refractivity (Wildman–Crippen MR) is 133 cm³/mol. The SMILES string of the molecule is CCc1cc(=[N+]2CCN(C)CC2)cc2sc3cc(N4CCN(C)CC4)cc(C)c3nc1-2.[I-]. The summed E-state index contributed by atoms with van der Waals surface area (Å²) in [5.41, 5.74) is 6.36. The number of rotatable bonds is 2. The van der Waals surface area contributed by atoms with E-state index in [-0.39, 0.29) is 24.0 Å². The molecule has 0 amide bonds. The van der Waals surface area contributed by atoms with Crippen LogP contribution in [0.5, 0.6) is 0 Å². The van der Waals surface area contributed by atoms with Gasteiger partial charge in [0.2, 0.25) is 5.36 Å². The van der Waals surface area contributed by atoms with Gasteiger partial charge in [0.05, 0.1) is 33.9 Å². The Balaban J connectivity index is 0.00000245. The third-order valence-corrected chi connectivity index (χ3v) is 8.01. The largest absolute Gasteiger partial charge is 1.00 e. The zero-order valence-corrected chi connectivity index (χ0v) is 22.7. The van der Waals surface area contributed by atoms with Crippen molar-refractivity contribution in [3.63, 3.8) is 0 Å². The van der Waals surface area contributed by atoms with Crippen LogP contribution in [0.1, 0.15) is 18.1 Å². The highest BCUT2D eigenvalue weighted by molar-refractivity contribution is 7.21. The third-order valence-electron chi connectivity index (χ3n) is 6.95. The normalized spacial score (nSPS) is 18.4. The molecule has 3 aliphatic heterocycles. The zero-order chi connectivity index (χ0) is 21.5. The lowest BCUT2D eigenvalue weighted by molar-refractivity contribution is -0.00000637. The number of aromatic nitrogens is 1. The van der Waals surface area contributed by atoms with Crippen molar-refractivity contribution < 1.29 is 24.0 Å². The van der Waals surface area contributed by atoms with Gasteiger partial charge in [0.15, 0.2) is 13.1 Å². The molecule has 0 radical (unpaired) electrons. The van der Waals surface area contributed by atoms with Gasteiger partial charge >= 0.3 is 0 Å². The fourth-order valence-corrected chi connectivity index (χ4v) is 5.97. The van der Waals surface area contributed by atoms with Crippen LogP contribution in [0, 0.1) is 6.92 Å². The second-order valence-corrected chi connectivity index (χ2v) is 10.3. The molecule has 4 aliphatic rings. The summed E-state index contributed by atoms with van der Waals surface area (Å²) in [7, 11) is 4.43. The highest BCUT2D eigenvalue weighted by atomic mass is 127. The van der Waals surface area contributed by atoms with E-state index >= 15 is 0 Å². The van der Waals surface area contributed by atoms with Crippen LogP contribution in [0.4, 0.5) is 5.69 Å². The number of hydrogen-bond acceptors (Lipinski definition) is 5. The van der Waals surface area contributed by atoms with Crippen LogP contribution < -0.4 is 38.8 Å². The van der Waals surface area contributed by atoms with Gasteiger partial charge in [-0.15, -0.1) is 11.3 Å². The van der Waals surface area contributed by atoms with Crippen LogP contribution in [-0.4, -0.2) is 81.2 Å². The zero-order valence-electron chi connectivity index (χ0n) is 19.7. The summed E-state index contributed by atoms with van der Waals surface area (Å²) < 4.78 is 3.85. The molecular formula is C25H34IN5S. The number of halogens is 1. The molecule has 0 unspecified atom stereocenters. The number of nitrogens with zero attached hydrogens (tertiary/aromatic N) is 5. The molecule has 0 spiro atoms.